The van der Waals surface area contributed by atoms with Crippen molar-refractivity contribution in [2.75, 3.05) is 6.61 Å². The third-order valence-corrected chi connectivity index (χ3v) is 5.29. The zero-order valence-electron chi connectivity index (χ0n) is 15.0. The molecule has 0 atom stereocenters. The molecule has 2 aromatic carbocycles. The van der Waals surface area contributed by atoms with E-state index in [1.807, 2.05) is 42.5 Å². The summed E-state index contributed by atoms with van der Waals surface area (Å²) in [5.74, 6) is -0.921. The molecule has 0 amide bonds. The van der Waals surface area contributed by atoms with Gasteiger partial charge in [0.2, 0.25) is 5.78 Å². The van der Waals surface area contributed by atoms with Crippen LogP contribution in [0.1, 0.15) is 45.3 Å². The largest absolute Gasteiger partial charge is 0.485 e. The molecule has 27 heavy (non-hydrogen) atoms. The molecule has 0 spiro atoms. The second kappa shape index (κ2) is 7.72. The van der Waals surface area contributed by atoms with E-state index >= 15 is 0 Å². The van der Waals surface area contributed by atoms with Crippen molar-refractivity contribution in [3.63, 3.8) is 0 Å². The van der Waals surface area contributed by atoms with E-state index in [0.717, 1.165) is 16.9 Å². The van der Waals surface area contributed by atoms with Crippen LogP contribution in [-0.2, 0) is 5.41 Å². The van der Waals surface area contributed by atoms with Crippen LogP contribution in [0.3, 0.4) is 0 Å². The number of aromatic nitrogens is 1. The number of hydrogen-bond donors (Lipinski definition) is 1. The van der Waals surface area contributed by atoms with Gasteiger partial charge in [0.25, 0.3) is 0 Å². The van der Waals surface area contributed by atoms with Gasteiger partial charge in [-0.2, -0.15) is 0 Å². The van der Waals surface area contributed by atoms with Crippen LogP contribution in [0.15, 0.2) is 60.0 Å². The first-order valence-corrected chi connectivity index (χ1v) is 9.27. The molecule has 3 aromatic rings. The smallest absolute Gasteiger partial charge is 0.355 e. The van der Waals surface area contributed by atoms with E-state index in [0.29, 0.717) is 5.75 Å². The molecule has 1 aromatic heterocycles. The van der Waals surface area contributed by atoms with Crippen molar-refractivity contribution in [1.82, 2.24) is 4.98 Å². The van der Waals surface area contributed by atoms with Gasteiger partial charge in [-0.15, -0.1) is 11.3 Å². The lowest BCUT2D eigenvalue weighted by Gasteiger charge is -2.26. The van der Waals surface area contributed by atoms with Crippen LogP contribution < -0.4 is 4.74 Å². The predicted molar refractivity (Wildman–Crippen MR) is 104 cm³/mol. The number of carboxylic acids is 1. The van der Waals surface area contributed by atoms with E-state index in [1.54, 1.807) is 0 Å². The Morgan fingerprint density at radius 2 is 1.67 bits per heavy atom. The molecule has 0 radical (unpaired) electrons. The highest BCUT2D eigenvalue weighted by atomic mass is 32.1. The van der Waals surface area contributed by atoms with E-state index in [9.17, 15) is 9.59 Å². The Labute approximate surface area is 161 Å². The van der Waals surface area contributed by atoms with Gasteiger partial charge in [-0.25, -0.2) is 9.78 Å². The molecule has 0 unspecified atom stereocenters. The van der Waals surface area contributed by atoms with Crippen LogP contribution in [0.25, 0.3) is 0 Å². The molecule has 0 aliphatic heterocycles. The molecule has 0 aliphatic carbocycles. The number of carbonyl (C=O) groups is 2. The van der Waals surface area contributed by atoms with E-state index < -0.39 is 5.97 Å². The van der Waals surface area contributed by atoms with Crippen molar-refractivity contribution in [2.45, 2.75) is 19.3 Å². The van der Waals surface area contributed by atoms with Gasteiger partial charge in [0.15, 0.2) is 17.3 Å². The highest BCUT2D eigenvalue weighted by Crippen LogP contribution is 2.32. The number of nitrogens with zero attached hydrogens (tertiary/aromatic N) is 1. The number of aromatic carboxylic acids is 1. The summed E-state index contributed by atoms with van der Waals surface area (Å²) in [5.41, 5.74) is 2.07. The van der Waals surface area contributed by atoms with E-state index in [4.69, 9.17) is 9.84 Å². The average Bonchev–Trinajstić information content (AvgIpc) is 3.18. The summed E-state index contributed by atoms with van der Waals surface area (Å²) in [6, 6.07) is 17.9. The first-order chi connectivity index (χ1) is 12.9. The van der Waals surface area contributed by atoms with Gasteiger partial charge in [0, 0.05) is 10.8 Å². The van der Waals surface area contributed by atoms with Gasteiger partial charge in [-0.1, -0.05) is 56.3 Å². The third kappa shape index (κ3) is 4.23. The number of ether oxygens (including phenoxy) is 1. The normalized spacial score (nSPS) is 11.2. The Hall–Kier alpha value is -2.99. The van der Waals surface area contributed by atoms with E-state index in [-0.39, 0.29) is 28.5 Å². The van der Waals surface area contributed by atoms with Gasteiger partial charge < -0.3 is 9.84 Å². The van der Waals surface area contributed by atoms with Crippen molar-refractivity contribution < 1.29 is 19.4 Å². The lowest BCUT2D eigenvalue weighted by molar-refractivity contribution is 0.0691. The molecule has 0 aliphatic rings. The van der Waals surface area contributed by atoms with Gasteiger partial charge in [0.1, 0.15) is 5.75 Å². The number of rotatable bonds is 7. The minimum Gasteiger partial charge on any atom is -0.485 e. The Morgan fingerprint density at radius 1 is 1.04 bits per heavy atom. The van der Waals surface area contributed by atoms with Crippen molar-refractivity contribution in [2.24, 2.45) is 0 Å². The number of carboxylic acid groups (broad SMARTS) is 1. The highest BCUT2D eigenvalue weighted by Gasteiger charge is 2.22. The van der Waals surface area contributed by atoms with Crippen molar-refractivity contribution in [1.29, 1.82) is 0 Å². The molecule has 0 saturated carbocycles. The molecule has 1 heterocycles. The van der Waals surface area contributed by atoms with Crippen molar-refractivity contribution >= 4 is 23.1 Å². The topological polar surface area (TPSA) is 76.5 Å². The molecule has 6 heteroatoms. The molecular formula is C21H19NO4S. The quantitative estimate of drug-likeness (QED) is 0.613. The maximum Gasteiger partial charge on any atom is 0.355 e. The number of carbonyl (C=O) groups excluding carboxylic acids is 1. The van der Waals surface area contributed by atoms with Gasteiger partial charge in [-0.05, 0) is 23.3 Å². The minimum atomic E-state index is -1.15. The van der Waals surface area contributed by atoms with Crippen molar-refractivity contribution in [3.8, 4) is 5.75 Å². The maximum atomic E-state index is 12.1. The van der Waals surface area contributed by atoms with Crippen LogP contribution in [0.4, 0.5) is 0 Å². The van der Waals surface area contributed by atoms with Crippen LogP contribution in [-0.4, -0.2) is 28.4 Å². The van der Waals surface area contributed by atoms with Crippen LogP contribution in [0, 0.1) is 0 Å². The summed E-state index contributed by atoms with van der Waals surface area (Å²) in [5, 5.41) is 10.3. The summed E-state index contributed by atoms with van der Waals surface area (Å²) >= 11 is 1.00. The molecule has 0 fully saturated rings. The first-order valence-electron chi connectivity index (χ1n) is 8.39. The zero-order valence-corrected chi connectivity index (χ0v) is 15.8. The van der Waals surface area contributed by atoms with Crippen molar-refractivity contribution in [3.05, 3.63) is 81.8 Å². The fourth-order valence-electron chi connectivity index (χ4n) is 2.70. The molecule has 0 saturated heterocycles. The Bertz CT molecular complexity index is 946. The zero-order chi connectivity index (χ0) is 19.4. The number of thiazole rings is 1. The summed E-state index contributed by atoms with van der Waals surface area (Å²) in [6.07, 6.45) is 0. The second-order valence-corrected chi connectivity index (χ2v) is 7.43. The van der Waals surface area contributed by atoms with Crippen LogP contribution >= 0.6 is 11.3 Å². The number of ketones is 1. The summed E-state index contributed by atoms with van der Waals surface area (Å²) in [7, 11) is 0. The van der Waals surface area contributed by atoms with Gasteiger partial charge >= 0.3 is 5.97 Å². The summed E-state index contributed by atoms with van der Waals surface area (Å²) < 4.78 is 5.54. The molecule has 3 rings (SSSR count). The van der Waals surface area contributed by atoms with Crippen LogP contribution in [0.2, 0.25) is 0 Å². The maximum absolute atomic E-state index is 12.1. The second-order valence-electron chi connectivity index (χ2n) is 6.57. The average molecular weight is 381 g/mol. The fourth-order valence-corrected chi connectivity index (χ4v) is 3.42. The lowest BCUT2D eigenvalue weighted by Crippen LogP contribution is -2.18. The Balaban J connectivity index is 1.65. The molecule has 0 bridgehead atoms. The Morgan fingerprint density at radius 3 is 2.26 bits per heavy atom. The van der Waals surface area contributed by atoms with E-state index in [1.165, 1.54) is 10.9 Å². The molecule has 138 valence electrons. The molecule has 5 nitrogen and oxygen atoms in total. The minimum absolute atomic E-state index is 0.129. The first kappa shape index (κ1) is 18.8. The number of benzene rings is 2. The number of Topliss-reactive ketones (excluding diaryl/α,β-unsaturated/α-hetero) is 1. The highest BCUT2D eigenvalue weighted by molar-refractivity contribution is 7.12. The molecule has 1 N–H and O–H groups in total. The third-order valence-electron chi connectivity index (χ3n) is 4.40. The molecular weight excluding hydrogens is 362 g/mol. The monoisotopic (exact) mass is 381 g/mol. The summed E-state index contributed by atoms with van der Waals surface area (Å²) in [6.45, 7) is 4.13. The van der Waals surface area contributed by atoms with Crippen LogP contribution in [0.5, 0.6) is 5.75 Å². The lowest BCUT2D eigenvalue weighted by atomic mass is 9.78. The summed E-state index contributed by atoms with van der Waals surface area (Å²) in [4.78, 5) is 26.7. The predicted octanol–water partition coefficient (Wildman–Crippen LogP) is 4.43. The fraction of sp³-hybridized carbons (Fsp3) is 0.190. The van der Waals surface area contributed by atoms with Gasteiger partial charge in [-0.3, -0.25) is 4.79 Å². The number of hydrogen-bond acceptors (Lipinski definition) is 5. The SMILES string of the molecule is CC(C)(c1ccccc1)c1ccc(OCC(=O)c2nc(C(=O)O)cs2)cc1. The standard InChI is InChI=1S/C21H19NO4S/c1-21(2,14-6-4-3-5-7-14)15-8-10-16(11-9-15)26-12-18(23)19-22-17(13-27-19)20(24)25/h3-11,13H,12H2,1-2H3,(H,24,25). The Kier molecular flexibility index (Phi) is 5.37. The van der Waals surface area contributed by atoms with E-state index in [2.05, 4.69) is 31.0 Å². The van der Waals surface area contributed by atoms with Gasteiger partial charge in [0.05, 0.1) is 0 Å².